The van der Waals surface area contributed by atoms with E-state index in [-0.39, 0.29) is 11.4 Å². The van der Waals surface area contributed by atoms with Gasteiger partial charge in [0.25, 0.3) is 5.91 Å². The van der Waals surface area contributed by atoms with Gasteiger partial charge in [-0.2, -0.15) is 0 Å². The Bertz CT molecular complexity index is 1130. The van der Waals surface area contributed by atoms with E-state index in [4.69, 9.17) is 0 Å². The lowest BCUT2D eigenvalue weighted by Crippen LogP contribution is -2.35. The average molecular weight is 424 g/mol. The van der Waals surface area contributed by atoms with Gasteiger partial charge in [-0.25, -0.2) is 9.97 Å². The first-order valence-corrected chi connectivity index (χ1v) is 10.5. The number of Topliss-reactive ketones (excluding diaryl/α,β-unsaturated/α-hetero) is 1. The van der Waals surface area contributed by atoms with E-state index in [1.165, 1.54) is 27.6 Å². The molecular weight excluding hydrogens is 406 g/mol. The van der Waals surface area contributed by atoms with Crippen LogP contribution in [0, 0.1) is 13.8 Å². The molecule has 0 bridgehead atoms. The van der Waals surface area contributed by atoms with Crippen molar-refractivity contribution in [1.29, 1.82) is 0 Å². The van der Waals surface area contributed by atoms with Gasteiger partial charge in [-0.3, -0.25) is 14.5 Å². The summed E-state index contributed by atoms with van der Waals surface area (Å²) in [6, 6.07) is 8.80. The van der Waals surface area contributed by atoms with E-state index in [0.29, 0.717) is 15.7 Å². The standard InChI is InChI=1S/C21H17N3O3S2/c1-12-19(29-13(2)23-12)17(25)16-15(9-8-14-6-4-3-5-7-14)24(20(27)18(16)26)21-22-10-11-28-21/h3-11,15,26H,1-2H3. The summed E-state index contributed by atoms with van der Waals surface area (Å²) in [4.78, 5) is 36.4. The van der Waals surface area contributed by atoms with Crippen LogP contribution in [0.3, 0.4) is 0 Å². The van der Waals surface area contributed by atoms with Crippen molar-refractivity contribution in [2.24, 2.45) is 0 Å². The van der Waals surface area contributed by atoms with E-state index in [0.717, 1.165) is 10.6 Å². The molecule has 0 fully saturated rings. The molecule has 1 aromatic carbocycles. The SMILES string of the molecule is Cc1nc(C)c(C(=O)C2=C(O)C(=O)N(c3nccs3)C2C=Cc2ccccc2)s1. The van der Waals surface area contributed by atoms with Crippen molar-refractivity contribution >= 4 is 45.6 Å². The highest BCUT2D eigenvalue weighted by Crippen LogP contribution is 2.35. The molecule has 0 aliphatic carbocycles. The number of rotatable bonds is 5. The molecule has 1 atom stereocenters. The second-order valence-corrected chi connectivity index (χ2v) is 8.52. The number of benzene rings is 1. The Balaban J connectivity index is 1.80. The lowest BCUT2D eigenvalue weighted by Gasteiger charge is -2.21. The first kappa shape index (κ1) is 19.2. The lowest BCUT2D eigenvalue weighted by atomic mass is 10.0. The molecule has 146 valence electrons. The second-order valence-electron chi connectivity index (χ2n) is 6.44. The van der Waals surface area contributed by atoms with Crippen LogP contribution in [0.25, 0.3) is 6.08 Å². The molecule has 1 amide bonds. The summed E-state index contributed by atoms with van der Waals surface area (Å²) >= 11 is 2.52. The molecule has 0 saturated heterocycles. The predicted octanol–water partition coefficient (Wildman–Crippen LogP) is 4.34. The average Bonchev–Trinajstić information content (AvgIpc) is 3.40. The predicted molar refractivity (Wildman–Crippen MR) is 114 cm³/mol. The van der Waals surface area contributed by atoms with Crippen molar-refractivity contribution in [3.05, 3.63) is 80.5 Å². The van der Waals surface area contributed by atoms with Crippen LogP contribution in [0.1, 0.15) is 25.9 Å². The summed E-state index contributed by atoms with van der Waals surface area (Å²) in [6.07, 6.45) is 5.16. The van der Waals surface area contributed by atoms with Gasteiger partial charge < -0.3 is 5.11 Å². The molecule has 3 aromatic rings. The fourth-order valence-electron chi connectivity index (χ4n) is 3.22. The van der Waals surface area contributed by atoms with Gasteiger partial charge in [0.1, 0.15) is 0 Å². The molecule has 1 aliphatic rings. The summed E-state index contributed by atoms with van der Waals surface area (Å²) in [5.74, 6) is -1.57. The summed E-state index contributed by atoms with van der Waals surface area (Å²) in [7, 11) is 0. The maximum atomic E-state index is 13.3. The molecule has 4 rings (SSSR count). The molecule has 29 heavy (non-hydrogen) atoms. The Morgan fingerprint density at radius 3 is 2.62 bits per heavy atom. The minimum absolute atomic E-state index is 0.0455. The van der Waals surface area contributed by atoms with Gasteiger partial charge in [0.2, 0.25) is 5.78 Å². The van der Waals surface area contributed by atoms with Crippen LogP contribution in [0.5, 0.6) is 0 Å². The minimum atomic E-state index is -0.761. The third-order valence-corrected chi connectivity index (χ3v) is 6.34. The zero-order valence-electron chi connectivity index (χ0n) is 15.7. The van der Waals surface area contributed by atoms with Crippen molar-refractivity contribution in [3.63, 3.8) is 0 Å². The number of nitrogens with zero attached hydrogens (tertiary/aromatic N) is 3. The zero-order valence-corrected chi connectivity index (χ0v) is 17.3. The van der Waals surface area contributed by atoms with Crippen molar-refractivity contribution in [2.45, 2.75) is 19.9 Å². The van der Waals surface area contributed by atoms with Crippen molar-refractivity contribution in [3.8, 4) is 0 Å². The van der Waals surface area contributed by atoms with Crippen LogP contribution in [0.4, 0.5) is 5.13 Å². The van der Waals surface area contributed by atoms with E-state index in [9.17, 15) is 14.7 Å². The van der Waals surface area contributed by atoms with E-state index in [1.54, 1.807) is 24.6 Å². The topological polar surface area (TPSA) is 83.4 Å². The fraction of sp³-hybridized carbons (Fsp3) is 0.143. The van der Waals surface area contributed by atoms with Gasteiger partial charge in [-0.1, -0.05) is 42.5 Å². The molecule has 0 radical (unpaired) electrons. The Morgan fingerprint density at radius 2 is 2.00 bits per heavy atom. The highest BCUT2D eigenvalue weighted by Gasteiger charge is 2.44. The largest absolute Gasteiger partial charge is 0.503 e. The third-order valence-electron chi connectivity index (χ3n) is 4.50. The fourth-order valence-corrected chi connectivity index (χ4v) is 4.77. The van der Waals surface area contributed by atoms with Crippen molar-refractivity contribution in [2.75, 3.05) is 4.90 Å². The number of ketones is 1. The van der Waals surface area contributed by atoms with Crippen LogP contribution < -0.4 is 4.90 Å². The molecule has 6 nitrogen and oxygen atoms in total. The minimum Gasteiger partial charge on any atom is -0.503 e. The smallest absolute Gasteiger partial charge is 0.296 e. The Morgan fingerprint density at radius 1 is 1.24 bits per heavy atom. The summed E-state index contributed by atoms with van der Waals surface area (Å²) in [5, 5.41) is 13.5. The third kappa shape index (κ3) is 3.52. The molecule has 1 aliphatic heterocycles. The number of anilines is 1. The zero-order chi connectivity index (χ0) is 20.5. The van der Waals surface area contributed by atoms with E-state index in [1.807, 2.05) is 43.3 Å². The van der Waals surface area contributed by atoms with Gasteiger partial charge in [0.05, 0.1) is 27.2 Å². The first-order chi connectivity index (χ1) is 14.0. The molecule has 1 N–H and O–H groups in total. The number of carbonyl (C=O) groups is 2. The quantitative estimate of drug-likeness (QED) is 0.617. The Kier molecular flexibility index (Phi) is 5.12. The van der Waals surface area contributed by atoms with E-state index < -0.39 is 17.7 Å². The lowest BCUT2D eigenvalue weighted by molar-refractivity contribution is -0.116. The molecule has 0 saturated carbocycles. The number of thiazole rings is 2. The molecular formula is C21H17N3O3S2. The number of aliphatic hydroxyl groups excluding tert-OH is 1. The van der Waals surface area contributed by atoms with E-state index in [2.05, 4.69) is 9.97 Å². The van der Waals surface area contributed by atoms with Gasteiger partial charge in [-0.15, -0.1) is 22.7 Å². The van der Waals surface area contributed by atoms with Crippen LogP contribution in [-0.4, -0.2) is 32.8 Å². The maximum Gasteiger partial charge on any atom is 0.296 e. The highest BCUT2D eigenvalue weighted by atomic mass is 32.1. The first-order valence-electron chi connectivity index (χ1n) is 8.85. The second kappa shape index (κ2) is 7.73. The molecule has 1 unspecified atom stereocenters. The van der Waals surface area contributed by atoms with Crippen LogP contribution in [-0.2, 0) is 4.79 Å². The summed E-state index contributed by atoms with van der Waals surface area (Å²) < 4.78 is 0. The van der Waals surface area contributed by atoms with Gasteiger partial charge in [-0.05, 0) is 19.4 Å². The van der Waals surface area contributed by atoms with E-state index >= 15 is 0 Å². The van der Waals surface area contributed by atoms with Crippen molar-refractivity contribution in [1.82, 2.24) is 9.97 Å². The number of hydrogen-bond acceptors (Lipinski definition) is 7. The Labute approximate surface area is 175 Å². The molecule has 0 spiro atoms. The summed E-state index contributed by atoms with van der Waals surface area (Å²) in [5.41, 5.74) is 1.55. The normalized spacial score (nSPS) is 17.0. The van der Waals surface area contributed by atoms with Gasteiger partial charge in [0, 0.05) is 11.6 Å². The van der Waals surface area contributed by atoms with Crippen molar-refractivity contribution < 1.29 is 14.7 Å². The van der Waals surface area contributed by atoms with Crippen LogP contribution in [0.2, 0.25) is 0 Å². The number of aryl methyl sites for hydroxylation is 2. The maximum absolute atomic E-state index is 13.3. The Hall–Kier alpha value is -3.10. The summed E-state index contributed by atoms with van der Waals surface area (Å²) in [6.45, 7) is 3.57. The molecule has 3 heterocycles. The number of amides is 1. The monoisotopic (exact) mass is 423 g/mol. The number of carbonyl (C=O) groups excluding carboxylic acids is 2. The molecule has 2 aromatic heterocycles. The van der Waals surface area contributed by atoms with Crippen LogP contribution >= 0.6 is 22.7 Å². The van der Waals surface area contributed by atoms with Gasteiger partial charge in [0.15, 0.2) is 10.9 Å². The number of aromatic nitrogens is 2. The number of hydrogen-bond donors (Lipinski definition) is 1. The van der Waals surface area contributed by atoms with Gasteiger partial charge >= 0.3 is 0 Å². The molecule has 8 heteroatoms. The van der Waals surface area contributed by atoms with Crippen LogP contribution in [0.15, 0.2) is 59.3 Å². The highest BCUT2D eigenvalue weighted by molar-refractivity contribution is 7.14. The number of aliphatic hydroxyl groups is 1.